The molecule has 0 spiro atoms. The van der Waals surface area contributed by atoms with Crippen LogP contribution in [0, 0.1) is 18.8 Å². The normalized spacial score (nSPS) is 23.6. The summed E-state index contributed by atoms with van der Waals surface area (Å²) in [5.74, 6) is 1.08. The van der Waals surface area contributed by atoms with Crippen molar-refractivity contribution in [2.75, 3.05) is 11.9 Å². The molecule has 2 rings (SSSR count). The molecule has 4 nitrogen and oxygen atoms in total. The average molecular weight is 233 g/mol. The number of nitrogens with zero attached hydrogens (tertiary/aromatic N) is 1. The summed E-state index contributed by atoms with van der Waals surface area (Å²) in [6.45, 7) is 2.57. The molecule has 0 aliphatic heterocycles. The van der Waals surface area contributed by atoms with E-state index in [4.69, 9.17) is 5.73 Å². The molecule has 17 heavy (non-hydrogen) atoms. The number of aromatic nitrogens is 1. The Morgan fingerprint density at radius 2 is 2.35 bits per heavy atom. The van der Waals surface area contributed by atoms with Gasteiger partial charge in [0.05, 0.1) is 0 Å². The molecule has 1 aromatic rings. The predicted molar refractivity (Wildman–Crippen MR) is 67.5 cm³/mol. The van der Waals surface area contributed by atoms with Crippen LogP contribution in [0.15, 0.2) is 18.3 Å². The van der Waals surface area contributed by atoms with Crippen molar-refractivity contribution < 1.29 is 4.79 Å². The third kappa shape index (κ3) is 2.82. The molecule has 3 N–H and O–H groups in total. The first-order valence-electron chi connectivity index (χ1n) is 6.14. The summed E-state index contributed by atoms with van der Waals surface area (Å²) in [4.78, 5) is 16.2. The van der Waals surface area contributed by atoms with E-state index in [1.165, 1.54) is 0 Å². The summed E-state index contributed by atoms with van der Waals surface area (Å²) in [6, 6.07) is 3.78. The van der Waals surface area contributed by atoms with Crippen LogP contribution in [0.5, 0.6) is 0 Å². The van der Waals surface area contributed by atoms with E-state index in [2.05, 4.69) is 10.3 Å². The Kier molecular flexibility index (Phi) is 3.74. The smallest absolute Gasteiger partial charge is 0.228 e. The van der Waals surface area contributed by atoms with Crippen LogP contribution in [0.4, 0.5) is 5.82 Å². The van der Waals surface area contributed by atoms with E-state index in [-0.39, 0.29) is 11.8 Å². The van der Waals surface area contributed by atoms with Crippen LogP contribution in [0.1, 0.15) is 24.8 Å². The third-order valence-electron chi connectivity index (χ3n) is 3.46. The first-order chi connectivity index (χ1) is 8.20. The molecule has 1 saturated carbocycles. The van der Waals surface area contributed by atoms with E-state index in [0.29, 0.717) is 18.3 Å². The Balaban J connectivity index is 1.99. The van der Waals surface area contributed by atoms with Crippen molar-refractivity contribution in [3.8, 4) is 0 Å². The maximum Gasteiger partial charge on any atom is 0.228 e. The maximum absolute atomic E-state index is 12.1. The molecule has 1 heterocycles. The van der Waals surface area contributed by atoms with E-state index < -0.39 is 0 Å². The summed E-state index contributed by atoms with van der Waals surface area (Å²) < 4.78 is 0. The van der Waals surface area contributed by atoms with Gasteiger partial charge in [0.2, 0.25) is 5.91 Å². The lowest BCUT2D eigenvalue weighted by molar-refractivity contribution is -0.120. The van der Waals surface area contributed by atoms with Gasteiger partial charge >= 0.3 is 0 Å². The average Bonchev–Trinajstić information content (AvgIpc) is 2.80. The summed E-state index contributed by atoms with van der Waals surface area (Å²) in [5, 5.41) is 2.87. The molecule has 2 atom stereocenters. The third-order valence-corrected chi connectivity index (χ3v) is 3.46. The SMILES string of the molecule is Cc1ccc(NC(=O)[C@@H]2CCC[C@@H]2CN)nc1. The van der Waals surface area contributed by atoms with Gasteiger partial charge in [-0.3, -0.25) is 4.79 Å². The second-order valence-corrected chi connectivity index (χ2v) is 4.74. The van der Waals surface area contributed by atoms with Crippen LogP contribution in [0.25, 0.3) is 0 Å². The first kappa shape index (κ1) is 12.0. The Bertz CT molecular complexity index is 388. The number of pyridine rings is 1. The standard InChI is InChI=1S/C13H19N3O/c1-9-5-6-12(15-8-9)16-13(17)11-4-2-3-10(11)7-14/h5-6,8,10-11H,2-4,7,14H2,1H3,(H,15,16,17)/t10-,11-/m1/s1. The number of nitrogens with one attached hydrogen (secondary N) is 1. The molecule has 1 aromatic heterocycles. The minimum Gasteiger partial charge on any atom is -0.330 e. The number of hydrogen-bond donors (Lipinski definition) is 2. The molecule has 4 heteroatoms. The number of aryl methyl sites for hydroxylation is 1. The molecule has 1 aliphatic rings. The van der Waals surface area contributed by atoms with Crippen molar-refractivity contribution in [2.24, 2.45) is 17.6 Å². The molecule has 0 bridgehead atoms. The second-order valence-electron chi connectivity index (χ2n) is 4.74. The highest BCUT2D eigenvalue weighted by Gasteiger charge is 2.31. The molecule has 0 unspecified atom stereocenters. The van der Waals surface area contributed by atoms with Crippen molar-refractivity contribution in [3.63, 3.8) is 0 Å². The van der Waals surface area contributed by atoms with Gasteiger partial charge in [0.15, 0.2) is 0 Å². The minimum absolute atomic E-state index is 0.0584. The molecule has 1 amide bonds. The number of hydrogen-bond acceptors (Lipinski definition) is 3. The number of carbonyl (C=O) groups is 1. The Morgan fingerprint density at radius 3 is 3.00 bits per heavy atom. The van der Waals surface area contributed by atoms with Crippen molar-refractivity contribution in [1.82, 2.24) is 4.98 Å². The molecular formula is C13H19N3O. The molecule has 1 aliphatic carbocycles. The highest BCUT2D eigenvalue weighted by atomic mass is 16.2. The number of amides is 1. The highest BCUT2D eigenvalue weighted by Crippen LogP contribution is 2.31. The molecule has 0 saturated heterocycles. The second kappa shape index (κ2) is 5.27. The fourth-order valence-electron chi connectivity index (χ4n) is 2.42. The van der Waals surface area contributed by atoms with Gasteiger partial charge in [0.1, 0.15) is 5.82 Å². The molecule has 1 fully saturated rings. The molecule has 0 radical (unpaired) electrons. The number of anilines is 1. The van der Waals surface area contributed by atoms with Gasteiger partial charge < -0.3 is 11.1 Å². The predicted octanol–water partition coefficient (Wildman–Crippen LogP) is 1.70. The Morgan fingerprint density at radius 1 is 1.53 bits per heavy atom. The molecular weight excluding hydrogens is 214 g/mol. The van der Waals surface area contributed by atoms with Crippen LogP contribution in [-0.2, 0) is 4.79 Å². The lowest BCUT2D eigenvalue weighted by atomic mass is 9.95. The largest absolute Gasteiger partial charge is 0.330 e. The zero-order valence-electron chi connectivity index (χ0n) is 10.1. The van der Waals surface area contributed by atoms with E-state index in [1.54, 1.807) is 6.20 Å². The summed E-state index contributed by atoms with van der Waals surface area (Å²) in [7, 11) is 0. The van der Waals surface area contributed by atoms with E-state index >= 15 is 0 Å². The topological polar surface area (TPSA) is 68.0 Å². The van der Waals surface area contributed by atoms with Gasteiger partial charge in [-0.25, -0.2) is 4.98 Å². The monoisotopic (exact) mass is 233 g/mol. The summed E-state index contributed by atoms with van der Waals surface area (Å²) in [6.07, 6.45) is 4.86. The zero-order valence-corrected chi connectivity index (χ0v) is 10.1. The summed E-state index contributed by atoms with van der Waals surface area (Å²) >= 11 is 0. The lowest BCUT2D eigenvalue weighted by Crippen LogP contribution is -2.30. The number of carbonyl (C=O) groups excluding carboxylic acids is 1. The van der Waals surface area contributed by atoms with Gasteiger partial charge in [-0.05, 0) is 43.9 Å². The van der Waals surface area contributed by atoms with Crippen molar-refractivity contribution in [1.29, 1.82) is 0 Å². The van der Waals surface area contributed by atoms with Crippen LogP contribution < -0.4 is 11.1 Å². The zero-order chi connectivity index (χ0) is 12.3. The first-order valence-corrected chi connectivity index (χ1v) is 6.14. The van der Waals surface area contributed by atoms with Gasteiger partial charge in [-0.2, -0.15) is 0 Å². The highest BCUT2D eigenvalue weighted by molar-refractivity contribution is 5.92. The Labute approximate surface area is 102 Å². The van der Waals surface area contributed by atoms with Crippen molar-refractivity contribution >= 4 is 11.7 Å². The molecule has 92 valence electrons. The van der Waals surface area contributed by atoms with Crippen LogP contribution >= 0.6 is 0 Å². The van der Waals surface area contributed by atoms with Gasteiger partial charge in [-0.15, -0.1) is 0 Å². The van der Waals surface area contributed by atoms with E-state index in [1.807, 2.05) is 19.1 Å². The quantitative estimate of drug-likeness (QED) is 0.835. The van der Waals surface area contributed by atoms with E-state index in [0.717, 1.165) is 24.8 Å². The Hall–Kier alpha value is -1.42. The van der Waals surface area contributed by atoms with Crippen LogP contribution in [0.3, 0.4) is 0 Å². The van der Waals surface area contributed by atoms with Crippen LogP contribution in [-0.4, -0.2) is 17.4 Å². The lowest BCUT2D eigenvalue weighted by Gasteiger charge is -2.16. The van der Waals surface area contributed by atoms with Gasteiger partial charge in [-0.1, -0.05) is 12.5 Å². The molecule has 0 aromatic carbocycles. The van der Waals surface area contributed by atoms with Crippen molar-refractivity contribution in [2.45, 2.75) is 26.2 Å². The fraction of sp³-hybridized carbons (Fsp3) is 0.538. The number of rotatable bonds is 3. The van der Waals surface area contributed by atoms with Gasteiger partial charge in [0.25, 0.3) is 0 Å². The summed E-state index contributed by atoms with van der Waals surface area (Å²) in [5.41, 5.74) is 6.77. The van der Waals surface area contributed by atoms with E-state index in [9.17, 15) is 4.79 Å². The van der Waals surface area contributed by atoms with Gasteiger partial charge in [0, 0.05) is 12.1 Å². The van der Waals surface area contributed by atoms with Crippen molar-refractivity contribution in [3.05, 3.63) is 23.9 Å². The number of nitrogens with two attached hydrogens (primary N) is 1. The minimum atomic E-state index is 0.0584. The maximum atomic E-state index is 12.1. The van der Waals surface area contributed by atoms with Crippen LogP contribution in [0.2, 0.25) is 0 Å². The fourth-order valence-corrected chi connectivity index (χ4v) is 2.42.